The Balaban J connectivity index is 2.22. The number of nitrogens with one attached hydrogen (secondary N) is 2. The van der Waals surface area contributed by atoms with Crippen LogP contribution >= 0.6 is 11.6 Å². The van der Waals surface area contributed by atoms with Crippen molar-refractivity contribution in [3.8, 4) is 5.75 Å². The van der Waals surface area contributed by atoms with Gasteiger partial charge in [-0.2, -0.15) is 0 Å². The summed E-state index contributed by atoms with van der Waals surface area (Å²) in [5.74, 6) is 0.238. The Hall–Kier alpha value is -1.92. The van der Waals surface area contributed by atoms with Crippen molar-refractivity contribution in [3.63, 3.8) is 0 Å². The van der Waals surface area contributed by atoms with E-state index in [4.69, 9.17) is 16.3 Å². The lowest BCUT2D eigenvalue weighted by molar-refractivity contribution is 0.403. The summed E-state index contributed by atoms with van der Waals surface area (Å²) in [6, 6.07) is 11.9. The van der Waals surface area contributed by atoms with Crippen molar-refractivity contribution >= 4 is 33.0 Å². The summed E-state index contributed by atoms with van der Waals surface area (Å²) < 4.78 is 32.8. The minimum Gasteiger partial charge on any atom is -0.495 e. The molecular formula is C17H21ClN2O3S. The van der Waals surface area contributed by atoms with Gasteiger partial charge in [0.25, 0.3) is 10.0 Å². The minimum atomic E-state index is -3.80. The first-order chi connectivity index (χ1) is 11.4. The van der Waals surface area contributed by atoms with Crippen molar-refractivity contribution in [2.24, 2.45) is 0 Å². The van der Waals surface area contributed by atoms with Gasteiger partial charge in [0, 0.05) is 22.4 Å². The van der Waals surface area contributed by atoms with Crippen molar-refractivity contribution in [2.75, 3.05) is 17.1 Å². The molecule has 24 heavy (non-hydrogen) atoms. The number of methoxy groups -OCH3 is 1. The number of hydrogen-bond donors (Lipinski definition) is 2. The molecule has 1 unspecified atom stereocenters. The third kappa shape index (κ3) is 4.55. The third-order valence-electron chi connectivity index (χ3n) is 3.58. The van der Waals surface area contributed by atoms with Gasteiger partial charge in [-0.15, -0.1) is 0 Å². The van der Waals surface area contributed by atoms with Crippen molar-refractivity contribution in [1.82, 2.24) is 0 Å². The minimum absolute atomic E-state index is 0.000642. The highest BCUT2D eigenvalue weighted by Crippen LogP contribution is 2.29. The van der Waals surface area contributed by atoms with E-state index in [1.807, 2.05) is 12.1 Å². The van der Waals surface area contributed by atoms with E-state index in [0.717, 1.165) is 12.1 Å². The summed E-state index contributed by atoms with van der Waals surface area (Å²) in [6.45, 7) is 4.18. The maximum Gasteiger partial charge on any atom is 0.265 e. The van der Waals surface area contributed by atoms with Gasteiger partial charge < -0.3 is 10.1 Å². The van der Waals surface area contributed by atoms with Gasteiger partial charge in [-0.3, -0.25) is 4.72 Å². The number of sulfonamides is 1. The van der Waals surface area contributed by atoms with Crippen LogP contribution in [0.1, 0.15) is 20.3 Å². The highest BCUT2D eigenvalue weighted by Gasteiger charge is 2.20. The molecule has 2 aromatic rings. The number of anilines is 2. The van der Waals surface area contributed by atoms with Crippen LogP contribution in [0, 0.1) is 0 Å². The quantitative estimate of drug-likeness (QED) is 0.761. The van der Waals surface area contributed by atoms with Crippen LogP contribution in [0.4, 0.5) is 11.4 Å². The molecule has 5 nitrogen and oxygen atoms in total. The number of hydrogen-bond acceptors (Lipinski definition) is 4. The molecule has 0 saturated carbocycles. The Morgan fingerprint density at radius 3 is 2.33 bits per heavy atom. The summed E-state index contributed by atoms with van der Waals surface area (Å²) >= 11 is 5.91. The largest absolute Gasteiger partial charge is 0.495 e. The monoisotopic (exact) mass is 368 g/mol. The van der Waals surface area contributed by atoms with Gasteiger partial charge in [0.2, 0.25) is 0 Å². The van der Waals surface area contributed by atoms with Gasteiger partial charge in [0.1, 0.15) is 10.6 Å². The van der Waals surface area contributed by atoms with Crippen LogP contribution in [0.5, 0.6) is 5.75 Å². The maximum absolute atomic E-state index is 12.6. The summed E-state index contributed by atoms with van der Waals surface area (Å²) in [5, 5.41) is 3.65. The predicted octanol–water partition coefficient (Wildman–Crippen LogP) is 4.36. The molecule has 2 N–H and O–H groups in total. The summed E-state index contributed by atoms with van der Waals surface area (Å²) in [7, 11) is -2.38. The first-order valence-electron chi connectivity index (χ1n) is 7.58. The van der Waals surface area contributed by atoms with E-state index in [1.165, 1.54) is 19.2 Å². The number of benzene rings is 2. The fourth-order valence-corrected chi connectivity index (χ4v) is 3.58. The Morgan fingerprint density at radius 2 is 1.75 bits per heavy atom. The fourth-order valence-electron chi connectivity index (χ4n) is 2.09. The molecule has 7 heteroatoms. The second-order valence-electron chi connectivity index (χ2n) is 5.43. The average Bonchev–Trinajstić information content (AvgIpc) is 2.56. The zero-order valence-electron chi connectivity index (χ0n) is 13.8. The van der Waals surface area contributed by atoms with E-state index < -0.39 is 10.0 Å². The molecule has 130 valence electrons. The summed E-state index contributed by atoms with van der Waals surface area (Å²) in [4.78, 5) is -0.000642. The molecule has 1 atom stereocenters. The smallest absolute Gasteiger partial charge is 0.265 e. The van der Waals surface area contributed by atoms with Gasteiger partial charge >= 0.3 is 0 Å². The van der Waals surface area contributed by atoms with Crippen LogP contribution < -0.4 is 14.8 Å². The molecule has 0 spiro atoms. The molecule has 0 aliphatic rings. The number of ether oxygens (including phenoxy) is 1. The Kier molecular flexibility index (Phi) is 5.96. The predicted molar refractivity (Wildman–Crippen MR) is 98.6 cm³/mol. The van der Waals surface area contributed by atoms with Crippen LogP contribution in [0.3, 0.4) is 0 Å². The van der Waals surface area contributed by atoms with Gasteiger partial charge in [-0.1, -0.05) is 18.5 Å². The molecular weight excluding hydrogens is 348 g/mol. The zero-order valence-corrected chi connectivity index (χ0v) is 15.4. The first-order valence-corrected chi connectivity index (χ1v) is 9.44. The third-order valence-corrected chi connectivity index (χ3v) is 5.22. The van der Waals surface area contributed by atoms with Crippen molar-refractivity contribution < 1.29 is 13.2 Å². The molecule has 0 heterocycles. The van der Waals surface area contributed by atoms with Crippen LogP contribution in [0.15, 0.2) is 47.4 Å². The van der Waals surface area contributed by atoms with E-state index in [9.17, 15) is 8.42 Å². The second kappa shape index (κ2) is 7.77. The fraction of sp³-hybridized carbons (Fsp3) is 0.294. The lowest BCUT2D eigenvalue weighted by Gasteiger charge is -2.14. The molecule has 2 aromatic carbocycles. The average molecular weight is 369 g/mol. The van der Waals surface area contributed by atoms with Crippen molar-refractivity contribution in [3.05, 3.63) is 47.5 Å². The zero-order chi connectivity index (χ0) is 17.7. The van der Waals surface area contributed by atoms with Crippen LogP contribution in [-0.2, 0) is 10.0 Å². The SMILES string of the molecule is CCC(C)Nc1ccc(NS(=O)(=O)c2cc(Cl)ccc2OC)cc1. The molecule has 0 aromatic heterocycles. The number of rotatable bonds is 7. The second-order valence-corrected chi connectivity index (χ2v) is 7.52. The highest BCUT2D eigenvalue weighted by molar-refractivity contribution is 7.92. The lowest BCUT2D eigenvalue weighted by Crippen LogP contribution is -2.15. The first kappa shape index (κ1) is 18.4. The topological polar surface area (TPSA) is 67.4 Å². The molecule has 0 fully saturated rings. The van der Waals surface area contributed by atoms with E-state index in [2.05, 4.69) is 23.9 Å². The lowest BCUT2D eigenvalue weighted by atomic mass is 10.2. The Labute approximate surface area is 148 Å². The van der Waals surface area contributed by atoms with Crippen LogP contribution in [-0.4, -0.2) is 21.6 Å². The van der Waals surface area contributed by atoms with Crippen LogP contribution in [0.2, 0.25) is 5.02 Å². The van der Waals surface area contributed by atoms with E-state index >= 15 is 0 Å². The Bertz CT molecular complexity index is 792. The summed E-state index contributed by atoms with van der Waals surface area (Å²) in [6.07, 6.45) is 1.00. The van der Waals surface area contributed by atoms with E-state index in [-0.39, 0.29) is 10.6 Å². The van der Waals surface area contributed by atoms with Gasteiger partial charge in [0.05, 0.1) is 7.11 Å². The van der Waals surface area contributed by atoms with Crippen molar-refractivity contribution in [1.29, 1.82) is 0 Å². The summed E-state index contributed by atoms with van der Waals surface area (Å²) in [5.41, 5.74) is 1.40. The van der Waals surface area contributed by atoms with Gasteiger partial charge in [0.15, 0.2) is 0 Å². The van der Waals surface area contributed by atoms with Crippen molar-refractivity contribution in [2.45, 2.75) is 31.2 Å². The molecule has 0 aliphatic heterocycles. The number of halogens is 1. The normalized spacial score (nSPS) is 12.5. The molecule has 0 aliphatic carbocycles. The molecule has 0 amide bonds. The Morgan fingerprint density at radius 1 is 1.12 bits per heavy atom. The molecule has 0 bridgehead atoms. The van der Waals surface area contributed by atoms with Crippen LogP contribution in [0.25, 0.3) is 0 Å². The van der Waals surface area contributed by atoms with Gasteiger partial charge in [-0.25, -0.2) is 8.42 Å². The maximum atomic E-state index is 12.6. The van der Waals surface area contributed by atoms with E-state index in [0.29, 0.717) is 16.8 Å². The van der Waals surface area contributed by atoms with Gasteiger partial charge in [-0.05, 0) is 55.8 Å². The molecule has 0 radical (unpaired) electrons. The standard InChI is InChI=1S/C17H21ClN2O3S/c1-4-12(2)19-14-6-8-15(9-7-14)20-24(21,22)17-11-13(18)5-10-16(17)23-3/h5-12,19-20H,4H2,1-3H3. The molecule has 0 saturated heterocycles. The molecule has 2 rings (SSSR count). The highest BCUT2D eigenvalue weighted by atomic mass is 35.5. The van der Waals surface area contributed by atoms with E-state index in [1.54, 1.807) is 18.2 Å².